The van der Waals surface area contributed by atoms with Crippen molar-refractivity contribution in [2.24, 2.45) is 5.92 Å². The minimum atomic E-state index is 0.224. The second-order valence-electron chi connectivity index (χ2n) is 5.12. The number of aromatic nitrogens is 2. The molecule has 0 N–H and O–H groups in total. The summed E-state index contributed by atoms with van der Waals surface area (Å²) >= 11 is 0. The van der Waals surface area contributed by atoms with Crippen LogP contribution in [0.2, 0.25) is 0 Å². The van der Waals surface area contributed by atoms with Crippen molar-refractivity contribution in [2.45, 2.75) is 32.0 Å². The average molecular weight is 244 g/mol. The average Bonchev–Trinajstić information content (AvgIpc) is 3.22. The molecule has 3 rings (SSSR count). The highest BCUT2D eigenvalue weighted by molar-refractivity contribution is 5.40. The summed E-state index contributed by atoms with van der Waals surface area (Å²) in [5.74, 6) is 1.57. The lowest BCUT2D eigenvalue weighted by molar-refractivity contribution is -0.0274. The minimum Gasteiger partial charge on any atom is -0.371 e. The molecular formula is C13H16N4O. The van der Waals surface area contributed by atoms with Gasteiger partial charge >= 0.3 is 0 Å². The van der Waals surface area contributed by atoms with Gasteiger partial charge in [-0.15, -0.1) is 10.2 Å². The van der Waals surface area contributed by atoms with E-state index in [0.29, 0.717) is 11.8 Å². The van der Waals surface area contributed by atoms with Gasteiger partial charge < -0.3 is 9.64 Å². The summed E-state index contributed by atoms with van der Waals surface area (Å²) in [5.41, 5.74) is 0.360. The van der Waals surface area contributed by atoms with Crippen molar-refractivity contribution >= 4 is 5.82 Å². The largest absolute Gasteiger partial charge is 0.371 e. The highest BCUT2D eigenvalue weighted by atomic mass is 16.5. The van der Waals surface area contributed by atoms with Gasteiger partial charge in [-0.2, -0.15) is 5.26 Å². The van der Waals surface area contributed by atoms with Crippen molar-refractivity contribution in [3.63, 3.8) is 0 Å². The Morgan fingerprint density at radius 3 is 2.78 bits per heavy atom. The van der Waals surface area contributed by atoms with Gasteiger partial charge in [-0.05, 0) is 37.8 Å². The summed E-state index contributed by atoms with van der Waals surface area (Å²) in [6.45, 7) is 3.82. The number of morpholine rings is 1. The Labute approximate surface area is 106 Å². The number of hydrogen-bond donors (Lipinski definition) is 0. The summed E-state index contributed by atoms with van der Waals surface area (Å²) < 4.78 is 5.96. The fourth-order valence-electron chi connectivity index (χ4n) is 2.46. The highest BCUT2D eigenvalue weighted by Crippen LogP contribution is 2.37. The van der Waals surface area contributed by atoms with Gasteiger partial charge in [-0.25, -0.2) is 0 Å². The molecule has 2 atom stereocenters. The molecule has 0 aromatic carbocycles. The maximum atomic E-state index is 8.72. The lowest BCUT2D eigenvalue weighted by atomic mass is 10.1. The Kier molecular flexibility index (Phi) is 2.88. The lowest BCUT2D eigenvalue weighted by Crippen LogP contribution is -2.47. The Morgan fingerprint density at radius 1 is 1.33 bits per heavy atom. The Balaban J connectivity index is 1.75. The highest BCUT2D eigenvalue weighted by Gasteiger charge is 2.37. The molecule has 0 spiro atoms. The van der Waals surface area contributed by atoms with E-state index in [2.05, 4.69) is 22.0 Å². The molecule has 2 fully saturated rings. The number of nitriles is 1. The molecule has 1 aromatic rings. The molecule has 1 aliphatic carbocycles. The molecule has 1 aliphatic heterocycles. The monoisotopic (exact) mass is 244 g/mol. The summed E-state index contributed by atoms with van der Waals surface area (Å²) in [5, 5.41) is 16.7. The van der Waals surface area contributed by atoms with Gasteiger partial charge in [0.05, 0.1) is 12.2 Å². The zero-order chi connectivity index (χ0) is 12.5. The van der Waals surface area contributed by atoms with Crippen LogP contribution in [-0.4, -0.2) is 35.5 Å². The van der Waals surface area contributed by atoms with Crippen LogP contribution in [0.4, 0.5) is 5.82 Å². The topological polar surface area (TPSA) is 62.0 Å². The first kappa shape index (κ1) is 11.4. The quantitative estimate of drug-likeness (QED) is 0.786. The van der Waals surface area contributed by atoms with Crippen LogP contribution >= 0.6 is 0 Å². The Bertz CT molecular complexity index is 463. The van der Waals surface area contributed by atoms with Gasteiger partial charge in [-0.3, -0.25) is 0 Å². The molecular weight excluding hydrogens is 228 g/mol. The fourth-order valence-corrected chi connectivity index (χ4v) is 2.46. The predicted molar refractivity (Wildman–Crippen MR) is 66.0 cm³/mol. The van der Waals surface area contributed by atoms with E-state index in [9.17, 15) is 0 Å². The number of anilines is 1. The molecule has 2 heterocycles. The molecule has 0 bridgehead atoms. The van der Waals surface area contributed by atoms with Crippen LogP contribution < -0.4 is 4.90 Å². The molecule has 5 heteroatoms. The number of nitrogens with zero attached hydrogens (tertiary/aromatic N) is 4. The van der Waals surface area contributed by atoms with Crippen molar-refractivity contribution < 1.29 is 4.74 Å². The first-order chi connectivity index (χ1) is 8.76. The van der Waals surface area contributed by atoms with E-state index in [0.717, 1.165) is 24.8 Å². The van der Waals surface area contributed by atoms with E-state index < -0.39 is 0 Å². The van der Waals surface area contributed by atoms with Gasteiger partial charge in [0.25, 0.3) is 0 Å². The molecule has 18 heavy (non-hydrogen) atoms. The molecule has 0 amide bonds. The molecule has 94 valence electrons. The van der Waals surface area contributed by atoms with E-state index in [1.807, 2.05) is 12.1 Å². The van der Waals surface area contributed by atoms with Crippen molar-refractivity contribution in [1.82, 2.24) is 10.2 Å². The third-order valence-electron chi connectivity index (χ3n) is 3.52. The van der Waals surface area contributed by atoms with Crippen LogP contribution in [0.25, 0.3) is 0 Å². The standard InChI is InChI=1S/C13H16N4O/c1-9-7-17(8-12(18-9)10-2-3-10)13-5-4-11(6-14)15-16-13/h4-5,9-10,12H,2-3,7-8H2,1H3/t9-,12-/m1/s1. The van der Waals surface area contributed by atoms with Crippen LogP contribution in [0.15, 0.2) is 12.1 Å². The predicted octanol–water partition coefficient (Wildman–Crippen LogP) is 1.35. The summed E-state index contributed by atoms with van der Waals surface area (Å²) in [7, 11) is 0. The number of ether oxygens (including phenoxy) is 1. The van der Waals surface area contributed by atoms with Crippen LogP contribution in [0.1, 0.15) is 25.5 Å². The molecule has 1 saturated carbocycles. The summed E-state index contributed by atoms with van der Waals surface area (Å²) in [6.07, 6.45) is 3.11. The maximum absolute atomic E-state index is 8.72. The van der Waals surface area contributed by atoms with Gasteiger partial charge in [0.15, 0.2) is 11.5 Å². The summed E-state index contributed by atoms with van der Waals surface area (Å²) in [6, 6.07) is 5.57. The smallest absolute Gasteiger partial charge is 0.163 e. The molecule has 5 nitrogen and oxygen atoms in total. The molecule has 2 aliphatic rings. The third kappa shape index (κ3) is 2.29. The first-order valence-corrected chi connectivity index (χ1v) is 6.40. The SMILES string of the molecule is C[C@@H]1CN(c2ccc(C#N)nn2)C[C@H](C2CC2)O1. The first-order valence-electron chi connectivity index (χ1n) is 6.40. The number of rotatable bonds is 2. The van der Waals surface area contributed by atoms with E-state index in [1.54, 1.807) is 6.07 Å². The molecule has 1 saturated heterocycles. The van der Waals surface area contributed by atoms with E-state index in [-0.39, 0.29) is 6.10 Å². The van der Waals surface area contributed by atoms with E-state index in [1.165, 1.54) is 12.8 Å². The van der Waals surface area contributed by atoms with Crippen molar-refractivity contribution in [2.75, 3.05) is 18.0 Å². The minimum absolute atomic E-state index is 0.224. The van der Waals surface area contributed by atoms with Gasteiger partial charge in [0.2, 0.25) is 0 Å². The molecule has 0 unspecified atom stereocenters. The van der Waals surface area contributed by atoms with Crippen LogP contribution in [-0.2, 0) is 4.74 Å². The van der Waals surface area contributed by atoms with Gasteiger partial charge in [0, 0.05) is 13.1 Å². The second kappa shape index (κ2) is 4.54. The normalized spacial score (nSPS) is 27.9. The van der Waals surface area contributed by atoms with Crippen molar-refractivity contribution in [3.8, 4) is 6.07 Å². The zero-order valence-electron chi connectivity index (χ0n) is 10.4. The van der Waals surface area contributed by atoms with Crippen LogP contribution in [0.5, 0.6) is 0 Å². The van der Waals surface area contributed by atoms with Crippen molar-refractivity contribution in [1.29, 1.82) is 5.26 Å². The second-order valence-corrected chi connectivity index (χ2v) is 5.12. The lowest BCUT2D eigenvalue weighted by Gasteiger charge is -2.37. The maximum Gasteiger partial charge on any atom is 0.163 e. The van der Waals surface area contributed by atoms with Crippen LogP contribution in [0.3, 0.4) is 0 Å². The Hall–Kier alpha value is -1.67. The summed E-state index contributed by atoms with van der Waals surface area (Å²) in [4.78, 5) is 2.21. The molecule has 0 radical (unpaired) electrons. The van der Waals surface area contributed by atoms with E-state index >= 15 is 0 Å². The fraction of sp³-hybridized carbons (Fsp3) is 0.615. The molecule has 1 aromatic heterocycles. The van der Waals surface area contributed by atoms with Gasteiger partial charge in [0.1, 0.15) is 6.07 Å². The van der Waals surface area contributed by atoms with Crippen LogP contribution in [0, 0.1) is 17.2 Å². The van der Waals surface area contributed by atoms with Gasteiger partial charge in [-0.1, -0.05) is 0 Å². The zero-order valence-corrected chi connectivity index (χ0v) is 10.4. The van der Waals surface area contributed by atoms with E-state index in [4.69, 9.17) is 10.00 Å². The third-order valence-corrected chi connectivity index (χ3v) is 3.52. The number of hydrogen-bond acceptors (Lipinski definition) is 5. The van der Waals surface area contributed by atoms with Crippen molar-refractivity contribution in [3.05, 3.63) is 17.8 Å². The Morgan fingerprint density at radius 2 is 2.17 bits per heavy atom.